The van der Waals surface area contributed by atoms with Gasteiger partial charge in [0.15, 0.2) is 0 Å². The molecule has 0 N–H and O–H groups in total. The van der Waals surface area contributed by atoms with Crippen LogP contribution in [-0.4, -0.2) is 0 Å². The van der Waals surface area contributed by atoms with Crippen molar-refractivity contribution in [3.8, 4) is 56.0 Å². The Morgan fingerprint density at radius 1 is 0.267 bits per heavy atom. The summed E-state index contributed by atoms with van der Waals surface area (Å²) in [6, 6.07) is 101. The predicted octanol–water partition coefficient (Wildman–Crippen LogP) is 18.9. The highest BCUT2D eigenvalue weighted by molar-refractivity contribution is 7.99. The van der Waals surface area contributed by atoms with Crippen LogP contribution in [0.15, 0.2) is 283 Å². The molecule has 12 aromatic carbocycles. The molecule has 0 aromatic heterocycles. The first-order valence-electron chi connectivity index (χ1n) is 25.9. The molecule has 12 aromatic rings. The number of nitrogens with zero attached hydrogens (tertiary/aromatic N) is 1. The third kappa shape index (κ3) is 5.99. The van der Waals surface area contributed by atoms with E-state index in [9.17, 15) is 0 Å². The molecule has 0 radical (unpaired) electrons. The van der Waals surface area contributed by atoms with Crippen LogP contribution < -0.4 is 9.64 Å². The number of fused-ring (bicyclic) bond motifs is 19. The van der Waals surface area contributed by atoms with Gasteiger partial charge in [0.1, 0.15) is 11.5 Å². The first-order valence-corrected chi connectivity index (χ1v) is 26.7. The molecule has 0 bridgehead atoms. The Labute approximate surface area is 440 Å². The third-order valence-corrected chi connectivity index (χ3v) is 17.7. The van der Waals surface area contributed by atoms with Gasteiger partial charge in [0.05, 0.1) is 10.8 Å². The summed E-state index contributed by atoms with van der Waals surface area (Å²) in [6.07, 6.45) is 0. The predicted molar refractivity (Wildman–Crippen MR) is 308 cm³/mol. The van der Waals surface area contributed by atoms with Gasteiger partial charge in [0, 0.05) is 38.0 Å². The number of ether oxygens (including phenoxy) is 1. The second-order valence-corrected chi connectivity index (χ2v) is 21.3. The smallest absolute Gasteiger partial charge is 0.132 e. The van der Waals surface area contributed by atoms with Crippen molar-refractivity contribution in [2.75, 3.05) is 4.90 Å². The van der Waals surface area contributed by atoms with Crippen LogP contribution in [0.25, 0.3) is 55.3 Å². The molecule has 0 saturated heterocycles. The van der Waals surface area contributed by atoms with E-state index < -0.39 is 10.8 Å². The zero-order valence-electron chi connectivity index (χ0n) is 40.7. The van der Waals surface area contributed by atoms with E-state index in [1.54, 1.807) is 0 Å². The van der Waals surface area contributed by atoms with Crippen LogP contribution in [0, 0.1) is 0 Å². The second kappa shape index (κ2) is 16.2. The molecular weight excluding hydrogens is 927 g/mol. The Morgan fingerprint density at radius 3 is 1.40 bits per heavy atom. The molecule has 0 amide bonds. The summed E-state index contributed by atoms with van der Waals surface area (Å²) in [5.74, 6) is 1.77. The minimum atomic E-state index is -0.609. The highest BCUT2D eigenvalue weighted by atomic mass is 32.2. The van der Waals surface area contributed by atoms with E-state index in [-0.39, 0.29) is 0 Å². The minimum absolute atomic E-state index is 0.510. The van der Waals surface area contributed by atoms with Crippen molar-refractivity contribution in [1.82, 2.24) is 0 Å². The highest BCUT2D eigenvalue weighted by Crippen LogP contribution is 2.65. The molecule has 2 aliphatic heterocycles. The first-order chi connectivity index (χ1) is 37.2. The largest absolute Gasteiger partial charge is 0.457 e. The van der Waals surface area contributed by atoms with E-state index in [0.717, 1.165) is 39.7 Å². The Kier molecular flexibility index (Phi) is 9.14. The lowest BCUT2D eigenvalue weighted by Gasteiger charge is -2.40. The van der Waals surface area contributed by atoms with Crippen molar-refractivity contribution in [1.29, 1.82) is 0 Å². The van der Waals surface area contributed by atoms with Gasteiger partial charge in [-0.2, -0.15) is 0 Å². The zero-order chi connectivity index (χ0) is 49.2. The van der Waals surface area contributed by atoms with Crippen LogP contribution in [0.3, 0.4) is 0 Å². The summed E-state index contributed by atoms with van der Waals surface area (Å²) >= 11 is 1.90. The second-order valence-electron chi connectivity index (χ2n) is 20.3. The van der Waals surface area contributed by atoms with Gasteiger partial charge in [0.2, 0.25) is 0 Å². The maximum absolute atomic E-state index is 6.76. The minimum Gasteiger partial charge on any atom is -0.457 e. The molecular formula is C72H45NOS. The van der Waals surface area contributed by atoms with Crippen molar-refractivity contribution >= 4 is 39.6 Å². The van der Waals surface area contributed by atoms with Gasteiger partial charge >= 0.3 is 0 Å². The Morgan fingerprint density at radius 2 is 0.720 bits per heavy atom. The van der Waals surface area contributed by atoms with Crippen molar-refractivity contribution in [2.45, 2.75) is 20.6 Å². The Hall–Kier alpha value is -9.15. The van der Waals surface area contributed by atoms with Crippen LogP contribution in [0.2, 0.25) is 0 Å². The Bertz CT molecular complexity index is 4260. The number of anilines is 3. The normalized spacial score (nSPS) is 15.4. The number of benzene rings is 12. The van der Waals surface area contributed by atoms with Crippen LogP contribution in [-0.2, 0) is 10.8 Å². The van der Waals surface area contributed by atoms with Crippen molar-refractivity contribution in [2.24, 2.45) is 0 Å². The molecule has 0 fully saturated rings. The molecule has 350 valence electrons. The van der Waals surface area contributed by atoms with Gasteiger partial charge in [-0.25, -0.2) is 0 Å². The van der Waals surface area contributed by atoms with Gasteiger partial charge < -0.3 is 9.64 Å². The zero-order valence-corrected chi connectivity index (χ0v) is 41.6. The molecule has 2 heterocycles. The topological polar surface area (TPSA) is 12.5 Å². The third-order valence-electron chi connectivity index (χ3n) is 16.6. The van der Waals surface area contributed by atoms with Crippen LogP contribution in [0.5, 0.6) is 11.5 Å². The van der Waals surface area contributed by atoms with Gasteiger partial charge in [-0.3, -0.25) is 0 Å². The summed E-state index contributed by atoms with van der Waals surface area (Å²) in [4.78, 5) is 5.09. The van der Waals surface area contributed by atoms with E-state index in [0.29, 0.717) is 0 Å². The number of para-hydroxylation sites is 2. The van der Waals surface area contributed by atoms with E-state index in [4.69, 9.17) is 4.74 Å². The molecule has 1 atom stereocenters. The standard InChI is InChI=1S/C72H45NOS/c1-2-16-46(17-3-1)47-30-32-48(33-31-47)49-34-36-52(37-35-49)73(54-38-40-57-55-20-6-8-22-59(55)72(65(57)45-54)62-24-10-13-27-67(62)74-68-28-14-11-25-63(68)72)53-39-41-61-58(44-53)56-21-7-9-23-60(56)71(61)64-26-12-15-29-69(64)75-70-43-51-19-5-4-18-50(51)42-66(70)71/h1-45H. The molecule has 16 rings (SSSR count). The maximum atomic E-state index is 6.76. The van der Waals surface area contributed by atoms with Crippen LogP contribution >= 0.6 is 11.8 Å². The Balaban J connectivity index is 0.919. The highest BCUT2D eigenvalue weighted by Gasteiger charge is 2.52. The van der Waals surface area contributed by atoms with Gasteiger partial charge in [0.25, 0.3) is 0 Å². The molecule has 2 nitrogen and oxygen atoms in total. The van der Waals surface area contributed by atoms with Gasteiger partial charge in [-0.15, -0.1) is 0 Å². The van der Waals surface area contributed by atoms with Crippen LogP contribution in [0.1, 0.15) is 44.5 Å². The molecule has 2 aliphatic carbocycles. The fourth-order valence-electron chi connectivity index (χ4n) is 13.4. The number of hydrogen-bond acceptors (Lipinski definition) is 3. The van der Waals surface area contributed by atoms with E-state index >= 15 is 0 Å². The lowest BCUT2D eigenvalue weighted by molar-refractivity contribution is 0.436. The molecule has 1 unspecified atom stereocenters. The van der Waals surface area contributed by atoms with Crippen LogP contribution in [0.4, 0.5) is 17.1 Å². The number of rotatable bonds is 5. The monoisotopic (exact) mass is 971 g/mol. The maximum Gasteiger partial charge on any atom is 0.132 e. The van der Waals surface area contributed by atoms with E-state index in [1.807, 2.05) is 11.8 Å². The lowest BCUT2D eigenvalue weighted by Crippen LogP contribution is -2.32. The van der Waals surface area contributed by atoms with E-state index in [1.165, 1.54) is 98.5 Å². The summed E-state index contributed by atoms with van der Waals surface area (Å²) < 4.78 is 6.76. The molecule has 2 spiro atoms. The van der Waals surface area contributed by atoms with Crippen molar-refractivity contribution in [3.63, 3.8) is 0 Å². The summed E-state index contributed by atoms with van der Waals surface area (Å²) in [6.45, 7) is 0. The summed E-state index contributed by atoms with van der Waals surface area (Å²) in [7, 11) is 0. The SMILES string of the molecule is c1ccc(-c2ccc(-c3ccc(N(c4ccc5c(c4)-c4ccccc4C54c5ccccc5Sc5cc6ccccc6cc54)c4ccc5c(c4)C4(c6ccccc6Oc6ccccc64)c4ccccc4-5)cc3)cc2)cc1. The molecule has 4 aliphatic rings. The van der Waals surface area contributed by atoms with E-state index in [2.05, 4.69) is 278 Å². The van der Waals surface area contributed by atoms with Crippen molar-refractivity contribution in [3.05, 3.63) is 317 Å². The quantitative estimate of drug-likeness (QED) is 0.171. The fraction of sp³-hybridized carbons (Fsp3) is 0.0278. The molecule has 75 heavy (non-hydrogen) atoms. The molecule has 0 saturated carbocycles. The van der Waals surface area contributed by atoms with Crippen molar-refractivity contribution < 1.29 is 4.74 Å². The van der Waals surface area contributed by atoms with Gasteiger partial charge in [-0.05, 0) is 155 Å². The average Bonchev–Trinajstić information content (AvgIpc) is 3.93. The summed E-state index contributed by atoms with van der Waals surface area (Å²) in [5, 5.41) is 2.52. The fourth-order valence-corrected chi connectivity index (χ4v) is 14.7. The lowest BCUT2D eigenvalue weighted by atomic mass is 9.66. The van der Waals surface area contributed by atoms with Gasteiger partial charge in [-0.1, -0.05) is 218 Å². The number of hydrogen-bond donors (Lipinski definition) is 0. The average molecular weight is 972 g/mol. The summed E-state index contributed by atoms with van der Waals surface area (Å²) in [5.41, 5.74) is 22.0. The first kappa shape index (κ1) is 42.4. The molecule has 3 heteroatoms.